The molecule has 2 aromatic carbocycles. The van der Waals surface area contributed by atoms with Crippen LogP contribution in [-0.4, -0.2) is 28.9 Å². The molecule has 0 atom stereocenters. The molecule has 6 nitrogen and oxygen atoms in total. The van der Waals surface area contributed by atoms with E-state index in [0.717, 1.165) is 22.2 Å². The summed E-state index contributed by atoms with van der Waals surface area (Å²) in [6.07, 6.45) is 2.28. The molecule has 0 fully saturated rings. The van der Waals surface area contributed by atoms with Gasteiger partial charge in [0.15, 0.2) is 0 Å². The normalized spacial score (nSPS) is 10.8. The first-order chi connectivity index (χ1) is 14.5. The molecule has 8 heteroatoms. The van der Waals surface area contributed by atoms with Crippen molar-refractivity contribution < 1.29 is 14.6 Å². The molecule has 0 bridgehead atoms. The lowest BCUT2D eigenvalue weighted by Crippen LogP contribution is -2.20. The number of aryl methyl sites for hydroxylation is 1. The molecule has 158 valence electrons. The average molecular weight is 491 g/mol. The lowest BCUT2D eigenvalue weighted by atomic mass is 10.2. The maximum atomic E-state index is 12.8. The summed E-state index contributed by atoms with van der Waals surface area (Å²) in [6, 6.07) is 12.9. The number of nitrogens with zero attached hydrogens (tertiary/aromatic N) is 2. The number of benzene rings is 2. The van der Waals surface area contributed by atoms with Gasteiger partial charge in [0.25, 0.3) is 5.56 Å². The fraction of sp³-hybridized carbons (Fsp3) is 0.273. The van der Waals surface area contributed by atoms with Crippen LogP contribution in [-0.2, 0) is 6.42 Å². The Balaban J connectivity index is 2.25. The van der Waals surface area contributed by atoms with E-state index >= 15 is 0 Å². The summed E-state index contributed by atoms with van der Waals surface area (Å²) in [4.78, 5) is 18.1. The highest BCUT2D eigenvalue weighted by molar-refractivity contribution is 9.10. The SMILES string of the molecule is CCCCc1nc(=O)c(Sc2ccc(Br)cc2)c(O)n1-c1c(OC)cccc1OC. The van der Waals surface area contributed by atoms with Crippen molar-refractivity contribution in [2.45, 2.75) is 36.0 Å². The van der Waals surface area contributed by atoms with Crippen molar-refractivity contribution in [1.82, 2.24) is 9.55 Å². The molecular formula is C22H23BrN2O4S. The van der Waals surface area contributed by atoms with Crippen LogP contribution in [0, 0.1) is 0 Å². The van der Waals surface area contributed by atoms with Crippen molar-refractivity contribution in [2.75, 3.05) is 14.2 Å². The standard InChI is InChI=1S/C22H23BrN2O4S/c1-4-5-9-18-24-21(26)20(30-15-12-10-14(23)11-13-15)22(27)25(18)19-16(28-2)7-6-8-17(19)29-3/h6-8,10-13,27H,4-5,9H2,1-3H3. The number of hydrogen-bond donors (Lipinski definition) is 1. The highest BCUT2D eigenvalue weighted by Gasteiger charge is 2.23. The predicted molar refractivity (Wildman–Crippen MR) is 121 cm³/mol. The minimum atomic E-state index is -0.461. The maximum absolute atomic E-state index is 12.8. The third-order valence-corrected chi connectivity index (χ3v) is 6.11. The minimum Gasteiger partial charge on any atom is -0.494 e. The summed E-state index contributed by atoms with van der Waals surface area (Å²) in [5.41, 5.74) is 0.0490. The topological polar surface area (TPSA) is 73.6 Å². The number of unbranched alkanes of at least 4 members (excludes halogenated alkanes) is 1. The van der Waals surface area contributed by atoms with Gasteiger partial charge >= 0.3 is 0 Å². The van der Waals surface area contributed by atoms with E-state index in [2.05, 4.69) is 27.8 Å². The number of para-hydroxylation sites is 1. The molecule has 1 heterocycles. The van der Waals surface area contributed by atoms with Gasteiger partial charge in [-0.25, -0.2) is 0 Å². The summed E-state index contributed by atoms with van der Waals surface area (Å²) in [5.74, 6) is 1.29. The van der Waals surface area contributed by atoms with Crippen LogP contribution >= 0.6 is 27.7 Å². The lowest BCUT2D eigenvalue weighted by Gasteiger charge is -2.21. The number of hydrogen-bond acceptors (Lipinski definition) is 6. The van der Waals surface area contributed by atoms with Gasteiger partial charge in [-0.05, 0) is 42.8 Å². The van der Waals surface area contributed by atoms with Gasteiger partial charge in [0, 0.05) is 15.8 Å². The van der Waals surface area contributed by atoms with Gasteiger partial charge in [0.05, 0.1) is 14.2 Å². The Labute approximate surface area is 188 Å². The number of rotatable bonds is 8. The quantitative estimate of drug-likeness (QED) is 0.466. The van der Waals surface area contributed by atoms with Gasteiger partial charge in [-0.15, -0.1) is 0 Å². The summed E-state index contributed by atoms with van der Waals surface area (Å²) >= 11 is 4.57. The van der Waals surface area contributed by atoms with E-state index in [0.29, 0.717) is 29.4 Å². The number of halogens is 1. The molecule has 3 aromatic rings. The van der Waals surface area contributed by atoms with Crippen LogP contribution < -0.4 is 15.0 Å². The van der Waals surface area contributed by atoms with Crippen LogP contribution in [0.5, 0.6) is 17.4 Å². The largest absolute Gasteiger partial charge is 0.494 e. The summed E-state index contributed by atoms with van der Waals surface area (Å²) < 4.78 is 13.6. The van der Waals surface area contributed by atoms with Crippen LogP contribution in [0.3, 0.4) is 0 Å². The molecular weight excluding hydrogens is 468 g/mol. The van der Waals surface area contributed by atoms with Gasteiger partial charge < -0.3 is 14.6 Å². The predicted octanol–water partition coefficient (Wildman–Crippen LogP) is 5.21. The zero-order valence-corrected chi connectivity index (χ0v) is 19.4. The van der Waals surface area contributed by atoms with E-state index < -0.39 is 5.56 Å². The van der Waals surface area contributed by atoms with Crippen molar-refractivity contribution in [3.8, 4) is 23.1 Å². The zero-order valence-electron chi connectivity index (χ0n) is 17.0. The lowest BCUT2D eigenvalue weighted by molar-refractivity contribution is 0.375. The van der Waals surface area contributed by atoms with E-state index in [1.807, 2.05) is 24.3 Å². The summed E-state index contributed by atoms with van der Waals surface area (Å²) in [5, 5.41) is 11.2. The minimum absolute atomic E-state index is 0.144. The van der Waals surface area contributed by atoms with E-state index in [9.17, 15) is 9.90 Å². The van der Waals surface area contributed by atoms with Crippen molar-refractivity contribution in [2.24, 2.45) is 0 Å². The Morgan fingerprint density at radius 1 is 1.10 bits per heavy atom. The first-order valence-corrected chi connectivity index (χ1v) is 11.1. The van der Waals surface area contributed by atoms with Crippen LogP contribution in [0.15, 0.2) is 61.5 Å². The molecule has 0 spiro atoms. The van der Waals surface area contributed by atoms with E-state index in [4.69, 9.17) is 9.47 Å². The van der Waals surface area contributed by atoms with Crippen molar-refractivity contribution in [3.63, 3.8) is 0 Å². The molecule has 1 aromatic heterocycles. The molecule has 0 aliphatic carbocycles. The van der Waals surface area contributed by atoms with Crippen LogP contribution in [0.25, 0.3) is 5.69 Å². The van der Waals surface area contributed by atoms with Crippen LogP contribution in [0.4, 0.5) is 0 Å². The second kappa shape index (κ2) is 10.0. The smallest absolute Gasteiger partial charge is 0.290 e. The van der Waals surface area contributed by atoms with Gasteiger partial charge in [-0.2, -0.15) is 4.98 Å². The van der Waals surface area contributed by atoms with E-state index in [1.54, 1.807) is 37.0 Å². The van der Waals surface area contributed by atoms with Crippen LogP contribution in [0.2, 0.25) is 0 Å². The maximum Gasteiger partial charge on any atom is 0.290 e. The Bertz CT molecular complexity index is 1060. The molecule has 0 radical (unpaired) electrons. The van der Waals surface area contributed by atoms with E-state index in [-0.39, 0.29) is 10.8 Å². The molecule has 0 saturated heterocycles. The molecule has 1 N–H and O–H groups in total. The highest BCUT2D eigenvalue weighted by atomic mass is 79.9. The monoisotopic (exact) mass is 490 g/mol. The van der Waals surface area contributed by atoms with Gasteiger partial charge in [-0.1, -0.05) is 47.1 Å². The number of aromatic nitrogens is 2. The summed E-state index contributed by atoms with van der Waals surface area (Å²) in [6.45, 7) is 2.06. The Morgan fingerprint density at radius 3 is 2.30 bits per heavy atom. The first kappa shape index (κ1) is 22.2. The molecule has 0 saturated carbocycles. The number of aromatic hydroxyl groups is 1. The Hall–Kier alpha value is -2.45. The third-order valence-electron chi connectivity index (χ3n) is 4.51. The number of ether oxygens (including phenoxy) is 2. The van der Waals surface area contributed by atoms with Gasteiger partial charge in [-0.3, -0.25) is 9.36 Å². The Kier molecular flexibility index (Phi) is 7.44. The molecule has 0 unspecified atom stereocenters. The summed E-state index contributed by atoms with van der Waals surface area (Å²) in [7, 11) is 3.10. The van der Waals surface area contributed by atoms with Crippen molar-refractivity contribution in [1.29, 1.82) is 0 Å². The first-order valence-electron chi connectivity index (χ1n) is 9.49. The molecule has 3 rings (SSSR count). The second-order valence-electron chi connectivity index (χ2n) is 6.49. The number of methoxy groups -OCH3 is 2. The van der Waals surface area contributed by atoms with Crippen molar-refractivity contribution >= 4 is 27.7 Å². The second-order valence-corrected chi connectivity index (χ2v) is 8.49. The average Bonchev–Trinajstić information content (AvgIpc) is 2.76. The molecule has 0 aliphatic heterocycles. The van der Waals surface area contributed by atoms with E-state index in [1.165, 1.54) is 11.8 Å². The molecule has 0 aliphatic rings. The fourth-order valence-electron chi connectivity index (χ4n) is 3.04. The van der Waals surface area contributed by atoms with Gasteiger partial charge in [0.1, 0.15) is 27.9 Å². The van der Waals surface area contributed by atoms with Crippen molar-refractivity contribution in [3.05, 3.63) is 63.1 Å². The molecule has 0 amide bonds. The third kappa shape index (κ3) is 4.65. The fourth-order valence-corrected chi connectivity index (χ4v) is 4.12. The highest BCUT2D eigenvalue weighted by Crippen LogP contribution is 2.39. The Morgan fingerprint density at radius 2 is 1.73 bits per heavy atom. The van der Waals surface area contributed by atoms with Crippen LogP contribution in [0.1, 0.15) is 25.6 Å². The van der Waals surface area contributed by atoms with Gasteiger partial charge in [0.2, 0.25) is 5.88 Å². The zero-order chi connectivity index (χ0) is 21.7. The molecule has 30 heavy (non-hydrogen) atoms.